The Kier molecular flexibility index (Phi) is 7.12. The molecule has 0 atom stereocenters. The minimum Gasteiger partial charge on any atom is -0.361 e. The second kappa shape index (κ2) is 9.96. The molecule has 0 bridgehead atoms. The van der Waals surface area contributed by atoms with Crippen LogP contribution >= 0.6 is 0 Å². The van der Waals surface area contributed by atoms with Gasteiger partial charge >= 0.3 is 0 Å². The number of amides is 1. The normalized spacial score (nSPS) is 11.5. The van der Waals surface area contributed by atoms with Crippen LogP contribution in [0.25, 0.3) is 10.9 Å². The summed E-state index contributed by atoms with van der Waals surface area (Å²) in [5.41, 5.74) is 5.53. The highest BCUT2D eigenvalue weighted by atomic mass is 16.2. The molecule has 0 aliphatic rings. The molecule has 0 radical (unpaired) electrons. The molecule has 0 saturated carbocycles. The zero-order chi connectivity index (χ0) is 21.5. The number of aliphatic imine (C=N–C) groups is 1. The highest BCUT2D eigenvalue weighted by molar-refractivity contribution is 5.93. The third-order valence-corrected chi connectivity index (χ3v) is 5.07. The first kappa shape index (κ1) is 21.4. The Morgan fingerprint density at radius 2 is 1.87 bits per heavy atom. The fraction of sp³-hybridized carbons (Fsp3) is 0.333. The maximum Gasteiger partial charge on any atom is 0.253 e. The van der Waals surface area contributed by atoms with E-state index in [0.717, 1.165) is 31.0 Å². The molecule has 3 N–H and O–H groups in total. The van der Waals surface area contributed by atoms with E-state index in [9.17, 15) is 4.79 Å². The monoisotopic (exact) mass is 405 g/mol. The molecule has 0 fully saturated rings. The number of hydrogen-bond acceptors (Lipinski definition) is 2. The van der Waals surface area contributed by atoms with Gasteiger partial charge in [0.15, 0.2) is 5.96 Å². The summed E-state index contributed by atoms with van der Waals surface area (Å²) in [5, 5.41) is 7.99. The summed E-state index contributed by atoms with van der Waals surface area (Å²) in [5.74, 6) is 0.800. The number of guanidine groups is 1. The van der Waals surface area contributed by atoms with Gasteiger partial charge in [-0.25, -0.2) is 4.99 Å². The molecule has 3 aromatic rings. The van der Waals surface area contributed by atoms with Gasteiger partial charge in [0.25, 0.3) is 5.91 Å². The van der Waals surface area contributed by atoms with Crippen molar-refractivity contribution in [2.75, 3.05) is 27.2 Å². The van der Waals surface area contributed by atoms with Crippen molar-refractivity contribution >= 4 is 22.8 Å². The van der Waals surface area contributed by atoms with E-state index in [1.54, 1.807) is 19.0 Å². The van der Waals surface area contributed by atoms with Crippen molar-refractivity contribution in [1.29, 1.82) is 0 Å². The van der Waals surface area contributed by atoms with Crippen LogP contribution < -0.4 is 10.6 Å². The van der Waals surface area contributed by atoms with E-state index in [1.807, 2.05) is 24.3 Å². The third-order valence-electron chi connectivity index (χ3n) is 5.07. The molecule has 0 aliphatic heterocycles. The molecule has 6 heteroatoms. The SMILES string of the molecule is CCNC(=NCc1ccc(C(=O)N(C)C)cc1)NCCc1c[nH]c2c(C)cccc12. The summed E-state index contributed by atoms with van der Waals surface area (Å²) < 4.78 is 0. The Balaban J connectivity index is 1.59. The number of aromatic amines is 1. The lowest BCUT2D eigenvalue weighted by Crippen LogP contribution is -2.38. The first-order chi connectivity index (χ1) is 14.5. The number of nitrogens with zero attached hydrogens (tertiary/aromatic N) is 2. The molecule has 6 nitrogen and oxygen atoms in total. The molecule has 158 valence electrons. The number of fused-ring (bicyclic) bond motifs is 1. The van der Waals surface area contributed by atoms with E-state index in [4.69, 9.17) is 0 Å². The first-order valence-electron chi connectivity index (χ1n) is 10.4. The maximum atomic E-state index is 12.0. The summed E-state index contributed by atoms with van der Waals surface area (Å²) >= 11 is 0. The number of aromatic nitrogens is 1. The molecule has 30 heavy (non-hydrogen) atoms. The van der Waals surface area contributed by atoms with Crippen molar-refractivity contribution in [3.05, 3.63) is 70.9 Å². The van der Waals surface area contributed by atoms with Crippen LogP contribution in [0.2, 0.25) is 0 Å². The average molecular weight is 406 g/mol. The molecule has 2 aromatic carbocycles. The van der Waals surface area contributed by atoms with E-state index in [0.29, 0.717) is 12.1 Å². The van der Waals surface area contributed by atoms with Gasteiger partial charge < -0.3 is 20.5 Å². The lowest BCUT2D eigenvalue weighted by Gasteiger charge is -2.12. The summed E-state index contributed by atoms with van der Waals surface area (Å²) in [6.07, 6.45) is 3.01. The van der Waals surface area contributed by atoms with Crippen LogP contribution in [-0.2, 0) is 13.0 Å². The largest absolute Gasteiger partial charge is 0.361 e. The second-order valence-electron chi connectivity index (χ2n) is 7.58. The quantitative estimate of drug-likeness (QED) is 0.416. The van der Waals surface area contributed by atoms with Gasteiger partial charge in [0.1, 0.15) is 0 Å². The molecule has 0 unspecified atom stereocenters. The first-order valence-corrected chi connectivity index (χ1v) is 10.4. The summed E-state index contributed by atoms with van der Waals surface area (Å²) in [4.78, 5) is 21.6. The number of carbonyl (C=O) groups excluding carboxylic acids is 1. The Hall–Kier alpha value is -3.28. The highest BCUT2D eigenvalue weighted by Crippen LogP contribution is 2.21. The van der Waals surface area contributed by atoms with Gasteiger partial charge in [-0.3, -0.25) is 4.79 Å². The molecular weight excluding hydrogens is 374 g/mol. The zero-order valence-electron chi connectivity index (χ0n) is 18.2. The predicted molar refractivity (Wildman–Crippen MR) is 124 cm³/mol. The summed E-state index contributed by atoms with van der Waals surface area (Å²) in [7, 11) is 3.51. The molecule has 1 amide bonds. The van der Waals surface area contributed by atoms with E-state index < -0.39 is 0 Å². The van der Waals surface area contributed by atoms with Gasteiger partial charge in [-0.05, 0) is 49.1 Å². The Bertz CT molecular complexity index is 1020. The summed E-state index contributed by atoms with van der Waals surface area (Å²) in [6, 6.07) is 14.0. The average Bonchev–Trinajstić information content (AvgIpc) is 3.16. The van der Waals surface area contributed by atoms with Crippen molar-refractivity contribution in [2.45, 2.75) is 26.8 Å². The van der Waals surface area contributed by atoms with Crippen molar-refractivity contribution in [1.82, 2.24) is 20.5 Å². The number of para-hydroxylation sites is 1. The molecule has 3 rings (SSSR count). The Morgan fingerprint density at radius 1 is 1.10 bits per heavy atom. The Morgan fingerprint density at radius 3 is 2.57 bits per heavy atom. The topological polar surface area (TPSA) is 72.5 Å². The van der Waals surface area contributed by atoms with Crippen LogP contribution in [0.4, 0.5) is 0 Å². The molecule has 0 saturated heterocycles. The van der Waals surface area contributed by atoms with E-state index >= 15 is 0 Å². The minimum absolute atomic E-state index is 0.00697. The lowest BCUT2D eigenvalue weighted by molar-refractivity contribution is 0.0827. The van der Waals surface area contributed by atoms with Gasteiger partial charge in [0.2, 0.25) is 0 Å². The molecular formula is C24H31N5O. The molecule has 0 aliphatic carbocycles. The highest BCUT2D eigenvalue weighted by Gasteiger charge is 2.08. The Labute approximate surface area is 178 Å². The van der Waals surface area contributed by atoms with Crippen molar-refractivity contribution in [3.63, 3.8) is 0 Å². The number of H-pyrrole nitrogens is 1. The minimum atomic E-state index is 0.00697. The maximum absolute atomic E-state index is 12.0. The molecule has 1 heterocycles. The number of benzene rings is 2. The van der Waals surface area contributed by atoms with Gasteiger partial charge in [0, 0.05) is 49.8 Å². The van der Waals surface area contributed by atoms with Crippen LogP contribution in [-0.4, -0.2) is 48.9 Å². The fourth-order valence-corrected chi connectivity index (χ4v) is 3.41. The van der Waals surface area contributed by atoms with E-state index in [-0.39, 0.29) is 5.91 Å². The van der Waals surface area contributed by atoms with Crippen LogP contribution in [0.15, 0.2) is 53.7 Å². The van der Waals surface area contributed by atoms with Crippen LogP contribution in [0.5, 0.6) is 0 Å². The van der Waals surface area contributed by atoms with Crippen LogP contribution in [0.1, 0.15) is 34.0 Å². The van der Waals surface area contributed by atoms with Gasteiger partial charge in [-0.2, -0.15) is 0 Å². The number of carbonyl (C=O) groups is 1. The predicted octanol–water partition coefficient (Wildman–Crippen LogP) is 3.48. The molecule has 0 spiro atoms. The number of rotatable bonds is 7. The lowest BCUT2D eigenvalue weighted by atomic mass is 10.1. The number of nitrogens with one attached hydrogen (secondary N) is 3. The van der Waals surface area contributed by atoms with Crippen LogP contribution in [0, 0.1) is 6.92 Å². The smallest absolute Gasteiger partial charge is 0.253 e. The zero-order valence-corrected chi connectivity index (χ0v) is 18.2. The summed E-state index contributed by atoms with van der Waals surface area (Å²) in [6.45, 7) is 6.33. The van der Waals surface area contributed by atoms with Crippen molar-refractivity contribution in [2.24, 2.45) is 4.99 Å². The number of aryl methyl sites for hydroxylation is 1. The van der Waals surface area contributed by atoms with E-state index in [1.165, 1.54) is 22.0 Å². The van der Waals surface area contributed by atoms with Crippen molar-refractivity contribution in [3.8, 4) is 0 Å². The van der Waals surface area contributed by atoms with E-state index in [2.05, 4.69) is 58.9 Å². The van der Waals surface area contributed by atoms with Crippen molar-refractivity contribution < 1.29 is 4.79 Å². The number of hydrogen-bond donors (Lipinski definition) is 3. The van der Waals surface area contributed by atoms with Crippen LogP contribution in [0.3, 0.4) is 0 Å². The van der Waals surface area contributed by atoms with Gasteiger partial charge in [0.05, 0.1) is 6.54 Å². The third kappa shape index (κ3) is 5.20. The fourth-order valence-electron chi connectivity index (χ4n) is 3.41. The standard InChI is InChI=1S/C24H31N5O/c1-5-25-24(28-15-18-9-11-19(12-10-18)23(30)29(3)4)26-14-13-20-16-27-22-17(2)7-6-8-21(20)22/h6-12,16,27H,5,13-15H2,1-4H3,(H2,25,26,28). The van der Waals surface area contributed by atoms with Gasteiger partial charge in [-0.15, -0.1) is 0 Å². The second-order valence-corrected chi connectivity index (χ2v) is 7.58. The van der Waals surface area contributed by atoms with Gasteiger partial charge in [-0.1, -0.05) is 30.3 Å². The molecule has 1 aromatic heterocycles.